The highest BCUT2D eigenvalue weighted by atomic mass is 15.0. The van der Waals surface area contributed by atoms with Crippen molar-refractivity contribution >= 4 is 0 Å². The molecule has 2 saturated carbocycles. The van der Waals surface area contributed by atoms with E-state index < -0.39 is 0 Å². The highest BCUT2D eigenvalue weighted by molar-refractivity contribution is 4.88. The van der Waals surface area contributed by atoms with Gasteiger partial charge in [0.05, 0.1) is 0 Å². The molecule has 0 aromatic carbocycles. The monoisotopic (exact) mass is 125 g/mol. The molecule has 2 aliphatic carbocycles. The molecule has 0 aromatic heterocycles. The van der Waals surface area contributed by atoms with Gasteiger partial charge in [0.15, 0.2) is 0 Å². The third-order valence-electron chi connectivity index (χ3n) is 2.52. The minimum absolute atomic E-state index is 0.915. The van der Waals surface area contributed by atoms with Crippen LogP contribution in [0.1, 0.15) is 26.2 Å². The van der Waals surface area contributed by atoms with Gasteiger partial charge in [-0.2, -0.15) is 0 Å². The van der Waals surface area contributed by atoms with Gasteiger partial charge < -0.3 is 5.32 Å². The van der Waals surface area contributed by atoms with Crippen molar-refractivity contribution in [2.45, 2.75) is 32.2 Å². The molecule has 2 unspecified atom stereocenters. The number of nitrogens with one attached hydrogen (secondary N) is 1. The van der Waals surface area contributed by atoms with E-state index in [1.165, 1.54) is 25.8 Å². The van der Waals surface area contributed by atoms with Crippen LogP contribution in [0.4, 0.5) is 0 Å². The number of hydrogen-bond acceptors (Lipinski definition) is 1. The van der Waals surface area contributed by atoms with E-state index >= 15 is 0 Å². The molecule has 1 heteroatoms. The normalized spacial score (nSPS) is 41.0. The second-order valence-corrected chi connectivity index (χ2v) is 3.66. The van der Waals surface area contributed by atoms with E-state index in [4.69, 9.17) is 0 Å². The van der Waals surface area contributed by atoms with E-state index in [1.54, 1.807) is 0 Å². The molecule has 2 fully saturated rings. The van der Waals surface area contributed by atoms with Crippen LogP contribution in [-0.2, 0) is 0 Å². The second-order valence-electron chi connectivity index (χ2n) is 3.66. The maximum atomic E-state index is 3.55. The summed E-state index contributed by atoms with van der Waals surface area (Å²) in [5.74, 6) is 2.06. The quantitative estimate of drug-likeness (QED) is 0.601. The molecule has 1 nitrogen and oxygen atoms in total. The first kappa shape index (κ1) is 5.72. The predicted octanol–water partition coefficient (Wildman–Crippen LogP) is 1.39. The lowest BCUT2D eigenvalue weighted by molar-refractivity contribution is 0.609. The predicted molar refractivity (Wildman–Crippen MR) is 38.3 cm³/mol. The third-order valence-corrected chi connectivity index (χ3v) is 2.52. The molecule has 2 atom stereocenters. The standard InChI is InChI=1S/C8H15N/c1-6-4-7(6)5-9-8-2-3-8/h6-9H,2-5H2,1H3. The van der Waals surface area contributed by atoms with Gasteiger partial charge in [-0.3, -0.25) is 0 Å². The summed E-state index contributed by atoms with van der Waals surface area (Å²) in [7, 11) is 0. The van der Waals surface area contributed by atoms with Crippen LogP contribution in [0.15, 0.2) is 0 Å². The van der Waals surface area contributed by atoms with Crippen LogP contribution < -0.4 is 5.32 Å². The molecule has 0 spiro atoms. The molecule has 2 aliphatic rings. The van der Waals surface area contributed by atoms with Gasteiger partial charge in [0.2, 0.25) is 0 Å². The minimum Gasteiger partial charge on any atom is -0.314 e. The van der Waals surface area contributed by atoms with E-state index in [2.05, 4.69) is 12.2 Å². The molecule has 0 saturated heterocycles. The number of rotatable bonds is 3. The Bertz CT molecular complexity index is 107. The summed E-state index contributed by atoms with van der Waals surface area (Å²) in [6.45, 7) is 3.64. The summed E-state index contributed by atoms with van der Waals surface area (Å²) in [5, 5.41) is 3.55. The first-order valence-electron chi connectivity index (χ1n) is 4.09. The number of hydrogen-bond donors (Lipinski definition) is 1. The lowest BCUT2D eigenvalue weighted by atomic mass is 10.3. The Morgan fingerprint density at radius 1 is 1.44 bits per heavy atom. The maximum Gasteiger partial charge on any atom is 0.00683 e. The van der Waals surface area contributed by atoms with Gasteiger partial charge in [-0.15, -0.1) is 0 Å². The zero-order chi connectivity index (χ0) is 6.27. The third kappa shape index (κ3) is 1.45. The maximum absolute atomic E-state index is 3.55. The minimum atomic E-state index is 0.915. The van der Waals surface area contributed by atoms with Crippen LogP contribution in [0.25, 0.3) is 0 Å². The molecule has 0 aromatic rings. The van der Waals surface area contributed by atoms with E-state index in [9.17, 15) is 0 Å². The molecule has 0 radical (unpaired) electrons. The molecule has 2 rings (SSSR count). The molecular weight excluding hydrogens is 110 g/mol. The van der Waals surface area contributed by atoms with Crippen molar-refractivity contribution in [2.24, 2.45) is 11.8 Å². The Labute approximate surface area is 56.8 Å². The van der Waals surface area contributed by atoms with Gasteiger partial charge >= 0.3 is 0 Å². The summed E-state index contributed by atoms with van der Waals surface area (Å²) in [6.07, 6.45) is 4.34. The summed E-state index contributed by atoms with van der Waals surface area (Å²) >= 11 is 0. The Kier molecular flexibility index (Phi) is 1.26. The van der Waals surface area contributed by atoms with Gasteiger partial charge in [0.25, 0.3) is 0 Å². The molecule has 52 valence electrons. The van der Waals surface area contributed by atoms with Gasteiger partial charge in [0, 0.05) is 6.04 Å². The van der Waals surface area contributed by atoms with Crippen molar-refractivity contribution in [1.29, 1.82) is 0 Å². The van der Waals surface area contributed by atoms with Crippen LogP contribution in [0.2, 0.25) is 0 Å². The Balaban J connectivity index is 1.57. The van der Waals surface area contributed by atoms with Crippen molar-refractivity contribution in [3.05, 3.63) is 0 Å². The fourth-order valence-electron chi connectivity index (χ4n) is 1.29. The van der Waals surface area contributed by atoms with Crippen LogP contribution in [0.5, 0.6) is 0 Å². The molecule has 1 N–H and O–H groups in total. The molecule has 9 heavy (non-hydrogen) atoms. The van der Waals surface area contributed by atoms with E-state index in [1.807, 2.05) is 0 Å². The smallest absolute Gasteiger partial charge is 0.00683 e. The zero-order valence-corrected chi connectivity index (χ0v) is 6.06. The molecule has 0 amide bonds. The molecule has 0 aliphatic heterocycles. The van der Waals surface area contributed by atoms with Crippen molar-refractivity contribution < 1.29 is 0 Å². The van der Waals surface area contributed by atoms with E-state index in [0.29, 0.717) is 0 Å². The highest BCUT2D eigenvalue weighted by Crippen LogP contribution is 2.37. The van der Waals surface area contributed by atoms with Crippen molar-refractivity contribution in [1.82, 2.24) is 5.32 Å². The summed E-state index contributed by atoms with van der Waals surface area (Å²) < 4.78 is 0. The van der Waals surface area contributed by atoms with Crippen LogP contribution in [0.3, 0.4) is 0 Å². The first-order chi connectivity index (χ1) is 4.36. The van der Waals surface area contributed by atoms with Crippen LogP contribution in [0, 0.1) is 11.8 Å². The van der Waals surface area contributed by atoms with Gasteiger partial charge in [0.1, 0.15) is 0 Å². The summed E-state index contributed by atoms with van der Waals surface area (Å²) in [4.78, 5) is 0. The Hall–Kier alpha value is -0.0400. The highest BCUT2D eigenvalue weighted by Gasteiger charge is 2.33. The summed E-state index contributed by atoms with van der Waals surface area (Å²) in [6, 6.07) is 0.915. The average molecular weight is 125 g/mol. The van der Waals surface area contributed by atoms with E-state index in [-0.39, 0.29) is 0 Å². The first-order valence-corrected chi connectivity index (χ1v) is 4.09. The largest absolute Gasteiger partial charge is 0.314 e. The van der Waals surface area contributed by atoms with Gasteiger partial charge in [-0.1, -0.05) is 6.92 Å². The Morgan fingerprint density at radius 2 is 2.11 bits per heavy atom. The Morgan fingerprint density at radius 3 is 2.56 bits per heavy atom. The van der Waals surface area contributed by atoms with Crippen LogP contribution >= 0.6 is 0 Å². The van der Waals surface area contributed by atoms with Gasteiger partial charge in [-0.25, -0.2) is 0 Å². The SMILES string of the molecule is CC1CC1CNC1CC1. The second kappa shape index (κ2) is 1.98. The molecule has 0 bridgehead atoms. The lowest BCUT2D eigenvalue weighted by Crippen LogP contribution is -2.19. The van der Waals surface area contributed by atoms with Crippen molar-refractivity contribution in [3.8, 4) is 0 Å². The molecular formula is C8H15N. The van der Waals surface area contributed by atoms with Crippen molar-refractivity contribution in [3.63, 3.8) is 0 Å². The zero-order valence-electron chi connectivity index (χ0n) is 6.06. The lowest BCUT2D eigenvalue weighted by Gasteiger charge is -1.97. The van der Waals surface area contributed by atoms with E-state index in [0.717, 1.165) is 17.9 Å². The average Bonchev–Trinajstić information content (AvgIpc) is 2.60. The van der Waals surface area contributed by atoms with Gasteiger partial charge in [-0.05, 0) is 37.6 Å². The van der Waals surface area contributed by atoms with Crippen molar-refractivity contribution in [2.75, 3.05) is 6.54 Å². The topological polar surface area (TPSA) is 12.0 Å². The van der Waals surface area contributed by atoms with Crippen LogP contribution in [-0.4, -0.2) is 12.6 Å². The summed E-state index contributed by atoms with van der Waals surface area (Å²) in [5.41, 5.74) is 0. The fourth-order valence-corrected chi connectivity index (χ4v) is 1.29. The fraction of sp³-hybridized carbons (Fsp3) is 1.00. The molecule has 0 heterocycles.